The third-order valence-electron chi connectivity index (χ3n) is 2.02. The average molecular weight is 216 g/mol. The minimum Gasteiger partial charge on any atom is -0.462 e. The summed E-state index contributed by atoms with van der Waals surface area (Å²) in [6, 6.07) is 0. The summed E-state index contributed by atoms with van der Waals surface area (Å²) in [6.07, 6.45) is 3.40. The quantitative estimate of drug-likeness (QED) is 0.370. The second-order valence-corrected chi connectivity index (χ2v) is 3.29. The number of hydrogen-bond acceptors (Lipinski definition) is 4. The normalized spacial score (nSPS) is 11.9. The number of methoxy groups -OCH3 is 2. The number of esters is 1. The summed E-state index contributed by atoms with van der Waals surface area (Å²) < 4.78 is 14.9. The number of carbonyl (C=O) groups is 1. The zero-order valence-corrected chi connectivity index (χ0v) is 9.91. The smallest absolute Gasteiger partial charge is 0.302 e. The van der Waals surface area contributed by atoms with E-state index in [4.69, 9.17) is 14.2 Å². The van der Waals surface area contributed by atoms with Crippen LogP contribution in [0.1, 0.15) is 26.7 Å². The fourth-order valence-corrected chi connectivity index (χ4v) is 1.08. The van der Waals surface area contributed by atoms with Crippen LogP contribution in [0.2, 0.25) is 0 Å². The van der Waals surface area contributed by atoms with Crippen LogP contribution in [0.4, 0.5) is 0 Å². The maximum atomic E-state index is 10.5. The molecule has 4 nitrogen and oxygen atoms in total. The second kappa shape index (κ2) is 8.44. The molecule has 0 bridgehead atoms. The molecule has 0 aromatic heterocycles. The second-order valence-electron chi connectivity index (χ2n) is 3.29. The van der Waals surface area contributed by atoms with Gasteiger partial charge in [-0.2, -0.15) is 0 Å². The molecule has 0 aliphatic carbocycles. The van der Waals surface area contributed by atoms with Gasteiger partial charge in [0.05, 0.1) is 0 Å². The fraction of sp³-hybridized carbons (Fsp3) is 0.727. The number of carbonyl (C=O) groups excluding carboxylic acids is 1. The van der Waals surface area contributed by atoms with E-state index in [1.807, 2.05) is 13.0 Å². The van der Waals surface area contributed by atoms with Gasteiger partial charge in [-0.3, -0.25) is 4.79 Å². The Morgan fingerprint density at radius 3 is 2.33 bits per heavy atom. The molecular weight excluding hydrogens is 196 g/mol. The van der Waals surface area contributed by atoms with Crippen molar-refractivity contribution in [2.24, 2.45) is 0 Å². The summed E-state index contributed by atoms with van der Waals surface area (Å²) in [6.45, 7) is 3.73. The van der Waals surface area contributed by atoms with Crippen molar-refractivity contribution in [1.29, 1.82) is 0 Å². The van der Waals surface area contributed by atoms with Gasteiger partial charge in [-0.15, -0.1) is 0 Å². The monoisotopic (exact) mass is 216 g/mol. The lowest BCUT2D eigenvalue weighted by Crippen LogP contribution is -2.12. The van der Waals surface area contributed by atoms with Crippen LogP contribution in [-0.4, -0.2) is 33.1 Å². The molecule has 15 heavy (non-hydrogen) atoms. The van der Waals surface area contributed by atoms with Crippen molar-refractivity contribution >= 4 is 5.97 Å². The Morgan fingerprint density at radius 1 is 1.27 bits per heavy atom. The van der Waals surface area contributed by atoms with Crippen LogP contribution in [0, 0.1) is 0 Å². The van der Waals surface area contributed by atoms with Crippen molar-refractivity contribution in [2.45, 2.75) is 33.0 Å². The van der Waals surface area contributed by atoms with Crippen molar-refractivity contribution in [3.8, 4) is 0 Å². The van der Waals surface area contributed by atoms with Crippen molar-refractivity contribution < 1.29 is 19.0 Å². The third kappa shape index (κ3) is 8.15. The maximum absolute atomic E-state index is 10.5. The first kappa shape index (κ1) is 14.1. The molecule has 0 heterocycles. The molecule has 0 saturated carbocycles. The Hall–Kier alpha value is -0.870. The number of rotatable bonds is 7. The zero-order chi connectivity index (χ0) is 11.7. The van der Waals surface area contributed by atoms with Gasteiger partial charge in [-0.05, 0) is 19.4 Å². The summed E-state index contributed by atoms with van der Waals surface area (Å²) >= 11 is 0. The minimum absolute atomic E-state index is 0.165. The molecule has 0 aliphatic heterocycles. The first-order valence-electron chi connectivity index (χ1n) is 4.94. The summed E-state index contributed by atoms with van der Waals surface area (Å²) in [5.74, 6) is -0.259. The molecule has 0 fully saturated rings. The molecule has 0 rings (SSSR count). The Balaban J connectivity index is 3.71. The average Bonchev–Trinajstić information content (AvgIpc) is 2.18. The highest BCUT2D eigenvalue weighted by Gasteiger charge is 2.04. The van der Waals surface area contributed by atoms with Crippen LogP contribution >= 0.6 is 0 Å². The molecular formula is C11H20O4. The number of allylic oxidation sites excluding steroid dienone is 1. The van der Waals surface area contributed by atoms with E-state index in [-0.39, 0.29) is 12.3 Å². The standard InChI is InChI=1S/C11H20O4/c1-9(7-8-15-10(2)12)5-6-11(13-3)14-4/h7,11H,5-6,8H2,1-4H3/b9-7-. The van der Waals surface area contributed by atoms with E-state index >= 15 is 0 Å². The summed E-state index contributed by atoms with van der Waals surface area (Å²) in [4.78, 5) is 10.5. The van der Waals surface area contributed by atoms with Gasteiger partial charge in [0.25, 0.3) is 0 Å². The lowest BCUT2D eigenvalue weighted by atomic mass is 10.1. The molecule has 0 aromatic rings. The lowest BCUT2D eigenvalue weighted by molar-refractivity contribution is -0.139. The topological polar surface area (TPSA) is 44.8 Å². The Bertz CT molecular complexity index is 207. The van der Waals surface area contributed by atoms with Gasteiger partial charge in [0.15, 0.2) is 6.29 Å². The first-order chi connectivity index (χ1) is 7.10. The van der Waals surface area contributed by atoms with Crippen molar-refractivity contribution in [2.75, 3.05) is 20.8 Å². The molecule has 0 amide bonds. The lowest BCUT2D eigenvalue weighted by Gasteiger charge is -2.12. The SMILES string of the molecule is COC(CC/C(C)=C\COC(C)=O)OC. The highest BCUT2D eigenvalue weighted by molar-refractivity contribution is 5.66. The van der Waals surface area contributed by atoms with E-state index in [0.717, 1.165) is 18.4 Å². The van der Waals surface area contributed by atoms with Crippen LogP contribution in [0.5, 0.6) is 0 Å². The minimum atomic E-state index is -0.259. The molecule has 0 unspecified atom stereocenters. The Morgan fingerprint density at radius 2 is 1.87 bits per heavy atom. The molecule has 0 spiro atoms. The number of ether oxygens (including phenoxy) is 3. The van der Waals surface area contributed by atoms with Gasteiger partial charge in [0, 0.05) is 27.6 Å². The van der Waals surface area contributed by atoms with E-state index < -0.39 is 0 Å². The van der Waals surface area contributed by atoms with Gasteiger partial charge in [-0.25, -0.2) is 0 Å². The molecule has 0 N–H and O–H groups in total. The van der Waals surface area contributed by atoms with Crippen molar-refractivity contribution in [1.82, 2.24) is 0 Å². The molecule has 0 aliphatic rings. The molecule has 0 atom stereocenters. The van der Waals surface area contributed by atoms with Gasteiger partial charge >= 0.3 is 5.97 Å². The van der Waals surface area contributed by atoms with Crippen LogP contribution in [0.3, 0.4) is 0 Å². The van der Waals surface area contributed by atoms with Gasteiger partial charge < -0.3 is 14.2 Å². The van der Waals surface area contributed by atoms with Gasteiger partial charge in [0.2, 0.25) is 0 Å². The van der Waals surface area contributed by atoms with E-state index in [0.29, 0.717) is 6.61 Å². The highest BCUT2D eigenvalue weighted by atomic mass is 16.7. The summed E-state index contributed by atoms with van der Waals surface area (Å²) in [5.41, 5.74) is 1.16. The first-order valence-corrected chi connectivity index (χ1v) is 4.94. The van der Waals surface area contributed by atoms with Crippen LogP contribution < -0.4 is 0 Å². The number of hydrogen-bond donors (Lipinski definition) is 0. The molecule has 4 heteroatoms. The summed E-state index contributed by atoms with van der Waals surface area (Å²) in [5, 5.41) is 0. The van der Waals surface area contributed by atoms with Crippen molar-refractivity contribution in [3.63, 3.8) is 0 Å². The van der Waals surface area contributed by atoms with Crippen LogP contribution in [0.25, 0.3) is 0 Å². The van der Waals surface area contributed by atoms with Crippen molar-refractivity contribution in [3.05, 3.63) is 11.6 Å². The third-order valence-corrected chi connectivity index (χ3v) is 2.02. The van der Waals surface area contributed by atoms with Gasteiger partial charge in [-0.1, -0.05) is 5.57 Å². The zero-order valence-electron chi connectivity index (χ0n) is 9.91. The molecule has 0 saturated heterocycles. The predicted molar refractivity (Wildman–Crippen MR) is 57.4 cm³/mol. The Labute approximate surface area is 91.2 Å². The van der Waals surface area contributed by atoms with Crippen LogP contribution in [0.15, 0.2) is 11.6 Å². The summed E-state index contributed by atoms with van der Waals surface area (Å²) in [7, 11) is 3.23. The molecule has 0 aromatic carbocycles. The molecule has 0 radical (unpaired) electrons. The molecule has 88 valence electrons. The Kier molecular flexibility index (Phi) is 7.95. The fourth-order valence-electron chi connectivity index (χ4n) is 1.08. The largest absolute Gasteiger partial charge is 0.462 e. The van der Waals surface area contributed by atoms with E-state index in [2.05, 4.69) is 0 Å². The maximum Gasteiger partial charge on any atom is 0.302 e. The van der Waals surface area contributed by atoms with Crippen LogP contribution in [-0.2, 0) is 19.0 Å². The highest BCUT2D eigenvalue weighted by Crippen LogP contribution is 2.09. The van der Waals surface area contributed by atoms with E-state index in [1.54, 1.807) is 14.2 Å². The predicted octanol–water partition coefficient (Wildman–Crippen LogP) is 1.89. The van der Waals surface area contributed by atoms with E-state index in [9.17, 15) is 4.79 Å². The van der Waals surface area contributed by atoms with Gasteiger partial charge in [0.1, 0.15) is 6.61 Å². The van der Waals surface area contributed by atoms with E-state index in [1.165, 1.54) is 6.92 Å².